The van der Waals surface area contributed by atoms with Crippen LogP contribution in [0.3, 0.4) is 0 Å². The van der Waals surface area contributed by atoms with Gasteiger partial charge in [-0.1, -0.05) is 38.1 Å². The summed E-state index contributed by atoms with van der Waals surface area (Å²) in [5, 5.41) is 0. The van der Waals surface area contributed by atoms with Gasteiger partial charge in [0.1, 0.15) is 0 Å². The van der Waals surface area contributed by atoms with Gasteiger partial charge in [0.05, 0.1) is 10.6 Å². The Labute approximate surface area is 136 Å². The van der Waals surface area contributed by atoms with Crippen LogP contribution in [-0.2, 0) is 10.0 Å². The smallest absolute Gasteiger partial charge is 0.264 e. The molecule has 116 valence electrons. The largest absolute Gasteiger partial charge is 0.264 e. The van der Waals surface area contributed by atoms with Crippen molar-refractivity contribution in [3.8, 4) is 0 Å². The number of nitrogens with zero attached hydrogens (tertiary/aromatic N) is 1. The van der Waals surface area contributed by atoms with E-state index in [4.69, 9.17) is 0 Å². The summed E-state index contributed by atoms with van der Waals surface area (Å²) in [6.07, 6.45) is 0. The highest BCUT2D eigenvalue weighted by Crippen LogP contribution is 2.37. The van der Waals surface area contributed by atoms with Crippen molar-refractivity contribution in [2.45, 2.75) is 29.6 Å². The van der Waals surface area contributed by atoms with Crippen molar-refractivity contribution in [3.63, 3.8) is 0 Å². The molecule has 0 fully saturated rings. The predicted octanol–water partition coefficient (Wildman–Crippen LogP) is 4.11. The van der Waals surface area contributed by atoms with E-state index in [9.17, 15) is 8.42 Å². The predicted molar refractivity (Wildman–Crippen MR) is 92.2 cm³/mol. The van der Waals surface area contributed by atoms with E-state index in [-0.39, 0.29) is 0 Å². The third kappa shape index (κ3) is 2.75. The van der Waals surface area contributed by atoms with Crippen molar-refractivity contribution in [1.82, 2.24) is 0 Å². The number of anilines is 1. The zero-order chi connectivity index (χ0) is 15.7. The highest BCUT2D eigenvalue weighted by Gasteiger charge is 2.29. The molecule has 2 aromatic rings. The molecule has 0 aliphatic carbocycles. The fourth-order valence-corrected chi connectivity index (χ4v) is 5.20. The highest BCUT2D eigenvalue weighted by molar-refractivity contribution is 8.00. The second kappa shape index (κ2) is 5.97. The van der Waals surface area contributed by atoms with E-state index >= 15 is 0 Å². The lowest BCUT2D eigenvalue weighted by Crippen LogP contribution is -2.35. The van der Waals surface area contributed by atoms with Crippen LogP contribution in [0.2, 0.25) is 0 Å². The fraction of sp³-hybridized carbons (Fsp3) is 0.294. The number of para-hydroxylation sites is 1. The van der Waals surface area contributed by atoms with Crippen LogP contribution >= 0.6 is 11.8 Å². The number of fused-ring (bicyclic) bond motifs is 1. The standard InChI is InChI=1S/C17H19NO2S2/c1-13(2)14-7-9-15(10-8-14)22(19,20)18-11-12-21-17-6-4-3-5-16(17)18/h3-10,13H,11-12H2,1-2H3. The molecule has 0 N–H and O–H groups in total. The van der Waals surface area contributed by atoms with Crippen molar-refractivity contribution in [3.05, 3.63) is 54.1 Å². The second-order valence-corrected chi connectivity index (χ2v) is 8.62. The fourth-order valence-electron chi connectivity index (χ4n) is 2.55. The Kier molecular flexibility index (Phi) is 4.19. The van der Waals surface area contributed by atoms with E-state index in [1.807, 2.05) is 36.4 Å². The molecule has 2 aromatic carbocycles. The third-order valence-corrected chi connectivity index (χ3v) is 6.69. The lowest BCUT2D eigenvalue weighted by molar-refractivity contribution is 0.591. The molecular weight excluding hydrogens is 314 g/mol. The highest BCUT2D eigenvalue weighted by atomic mass is 32.2. The van der Waals surface area contributed by atoms with Gasteiger partial charge in [-0.15, -0.1) is 11.8 Å². The molecule has 0 saturated heterocycles. The van der Waals surface area contributed by atoms with E-state index in [0.717, 1.165) is 21.9 Å². The Morgan fingerprint density at radius 1 is 1.05 bits per heavy atom. The van der Waals surface area contributed by atoms with Crippen LogP contribution in [0.1, 0.15) is 25.3 Å². The molecule has 3 nitrogen and oxygen atoms in total. The topological polar surface area (TPSA) is 37.4 Å². The summed E-state index contributed by atoms with van der Waals surface area (Å²) in [5.41, 5.74) is 1.93. The first-order valence-corrected chi connectivity index (χ1v) is 9.77. The molecule has 0 saturated carbocycles. The van der Waals surface area contributed by atoms with Gasteiger partial charge in [-0.3, -0.25) is 4.31 Å². The molecule has 0 bridgehead atoms. The van der Waals surface area contributed by atoms with E-state index in [2.05, 4.69) is 13.8 Å². The Morgan fingerprint density at radius 3 is 2.41 bits per heavy atom. The van der Waals surface area contributed by atoms with Crippen LogP contribution < -0.4 is 4.31 Å². The number of benzene rings is 2. The van der Waals surface area contributed by atoms with Gasteiger partial charge in [0.15, 0.2) is 0 Å². The van der Waals surface area contributed by atoms with Gasteiger partial charge >= 0.3 is 0 Å². The Balaban J connectivity index is 2.00. The van der Waals surface area contributed by atoms with Crippen molar-refractivity contribution in [2.24, 2.45) is 0 Å². The molecule has 0 spiro atoms. The molecule has 0 unspecified atom stereocenters. The summed E-state index contributed by atoms with van der Waals surface area (Å²) < 4.78 is 27.4. The normalized spacial score (nSPS) is 15.0. The molecule has 1 aliphatic rings. The van der Waals surface area contributed by atoms with Gasteiger partial charge in [-0.25, -0.2) is 8.42 Å². The van der Waals surface area contributed by atoms with Gasteiger partial charge in [-0.05, 0) is 35.7 Å². The summed E-state index contributed by atoms with van der Waals surface area (Å²) >= 11 is 1.70. The first-order chi connectivity index (χ1) is 10.5. The lowest BCUT2D eigenvalue weighted by atomic mass is 10.0. The molecule has 22 heavy (non-hydrogen) atoms. The number of hydrogen-bond donors (Lipinski definition) is 0. The maximum atomic E-state index is 12.9. The molecule has 1 heterocycles. The Bertz CT molecular complexity index is 768. The zero-order valence-electron chi connectivity index (χ0n) is 12.7. The number of thioether (sulfide) groups is 1. The number of rotatable bonds is 3. The summed E-state index contributed by atoms with van der Waals surface area (Å²) in [5.74, 6) is 1.17. The molecular formula is C17H19NO2S2. The molecule has 0 radical (unpaired) electrons. The van der Waals surface area contributed by atoms with Gasteiger partial charge in [0, 0.05) is 17.2 Å². The van der Waals surface area contributed by atoms with Crippen LogP contribution in [-0.4, -0.2) is 20.7 Å². The molecule has 1 aliphatic heterocycles. The maximum Gasteiger partial charge on any atom is 0.264 e. The molecule has 5 heteroatoms. The van der Waals surface area contributed by atoms with Gasteiger partial charge in [-0.2, -0.15) is 0 Å². The summed E-state index contributed by atoms with van der Waals surface area (Å²) in [6, 6.07) is 14.9. The summed E-state index contributed by atoms with van der Waals surface area (Å²) in [6.45, 7) is 4.71. The summed E-state index contributed by atoms with van der Waals surface area (Å²) in [4.78, 5) is 1.38. The summed E-state index contributed by atoms with van der Waals surface area (Å²) in [7, 11) is -3.50. The number of hydrogen-bond acceptors (Lipinski definition) is 3. The van der Waals surface area contributed by atoms with E-state index in [1.54, 1.807) is 23.9 Å². The first kappa shape index (κ1) is 15.4. The van der Waals surface area contributed by atoms with Crippen LogP contribution in [0, 0.1) is 0 Å². The monoisotopic (exact) mass is 333 g/mol. The lowest BCUT2D eigenvalue weighted by Gasteiger charge is -2.30. The third-order valence-electron chi connectivity index (χ3n) is 3.82. The molecule has 0 aromatic heterocycles. The SMILES string of the molecule is CC(C)c1ccc(S(=O)(=O)N2CCSc3ccccc32)cc1. The van der Waals surface area contributed by atoms with Gasteiger partial charge in [0.2, 0.25) is 0 Å². The average Bonchev–Trinajstić information content (AvgIpc) is 2.54. The molecule has 3 rings (SSSR count). The minimum absolute atomic E-state index is 0.360. The average molecular weight is 333 g/mol. The quantitative estimate of drug-likeness (QED) is 0.848. The molecule has 0 amide bonds. The van der Waals surface area contributed by atoms with E-state index in [0.29, 0.717) is 17.4 Å². The minimum Gasteiger partial charge on any atom is -0.264 e. The Hall–Kier alpha value is -1.46. The minimum atomic E-state index is -3.50. The Morgan fingerprint density at radius 2 is 1.73 bits per heavy atom. The second-order valence-electron chi connectivity index (χ2n) is 5.62. The zero-order valence-corrected chi connectivity index (χ0v) is 14.3. The van der Waals surface area contributed by atoms with Crippen LogP contribution in [0.15, 0.2) is 58.3 Å². The van der Waals surface area contributed by atoms with E-state index < -0.39 is 10.0 Å². The van der Waals surface area contributed by atoms with Crippen LogP contribution in [0.4, 0.5) is 5.69 Å². The van der Waals surface area contributed by atoms with Gasteiger partial charge in [0.25, 0.3) is 10.0 Å². The van der Waals surface area contributed by atoms with E-state index in [1.165, 1.54) is 4.31 Å². The van der Waals surface area contributed by atoms with Crippen molar-refractivity contribution in [2.75, 3.05) is 16.6 Å². The number of sulfonamides is 1. The van der Waals surface area contributed by atoms with Crippen molar-refractivity contribution < 1.29 is 8.42 Å². The maximum absolute atomic E-state index is 12.9. The molecule has 0 atom stereocenters. The van der Waals surface area contributed by atoms with Crippen molar-refractivity contribution >= 4 is 27.5 Å². The first-order valence-electron chi connectivity index (χ1n) is 7.34. The van der Waals surface area contributed by atoms with Crippen LogP contribution in [0.5, 0.6) is 0 Å². The van der Waals surface area contributed by atoms with Crippen LogP contribution in [0.25, 0.3) is 0 Å². The van der Waals surface area contributed by atoms with Gasteiger partial charge < -0.3 is 0 Å². The van der Waals surface area contributed by atoms with Crippen molar-refractivity contribution in [1.29, 1.82) is 0 Å².